The van der Waals surface area contributed by atoms with Crippen molar-refractivity contribution in [2.75, 3.05) is 13.7 Å². The first-order chi connectivity index (χ1) is 14.3. The lowest BCUT2D eigenvalue weighted by atomic mass is 9.91. The van der Waals surface area contributed by atoms with Gasteiger partial charge in [-0.05, 0) is 68.1 Å². The van der Waals surface area contributed by atoms with Gasteiger partial charge < -0.3 is 10.1 Å². The Labute approximate surface area is 178 Å². The van der Waals surface area contributed by atoms with Gasteiger partial charge in [0, 0.05) is 18.7 Å². The van der Waals surface area contributed by atoms with Gasteiger partial charge in [-0.2, -0.15) is 0 Å². The van der Waals surface area contributed by atoms with Crippen molar-refractivity contribution >= 4 is 15.9 Å². The molecule has 1 aliphatic rings. The molecule has 1 amide bonds. The molecule has 8 heteroatoms. The quantitative estimate of drug-likeness (QED) is 0.755. The Morgan fingerprint density at radius 3 is 2.33 bits per heavy atom. The molecule has 1 aliphatic heterocycles. The molecule has 1 N–H and O–H groups in total. The normalized spacial score (nSPS) is 22.5. The minimum absolute atomic E-state index is 0.0852. The van der Waals surface area contributed by atoms with Crippen LogP contribution in [0.4, 0.5) is 0 Å². The van der Waals surface area contributed by atoms with Crippen LogP contribution in [0.2, 0.25) is 0 Å². The van der Waals surface area contributed by atoms with E-state index >= 15 is 0 Å². The fraction of sp³-hybridized carbons (Fsp3) is 0.409. The van der Waals surface area contributed by atoms with Gasteiger partial charge in [0.1, 0.15) is 11.9 Å². The molecule has 2 aromatic rings. The summed E-state index contributed by atoms with van der Waals surface area (Å²) in [6.07, 6.45) is 0.268. The smallest absolute Gasteiger partial charge is 0.265 e. The van der Waals surface area contributed by atoms with E-state index in [9.17, 15) is 13.2 Å². The number of benzene rings is 2. The first-order valence-electron chi connectivity index (χ1n) is 10.0. The van der Waals surface area contributed by atoms with Gasteiger partial charge in [-0.3, -0.25) is 9.63 Å². The van der Waals surface area contributed by atoms with Gasteiger partial charge in [0.05, 0.1) is 11.5 Å². The minimum Gasteiger partial charge on any atom is -0.494 e. The number of nitrogens with one attached hydrogen (secondary N) is 1. The van der Waals surface area contributed by atoms with E-state index in [0.29, 0.717) is 18.6 Å². The lowest BCUT2D eigenvalue weighted by Crippen LogP contribution is -2.45. The third kappa shape index (κ3) is 4.50. The van der Waals surface area contributed by atoms with Crippen LogP contribution >= 0.6 is 0 Å². The van der Waals surface area contributed by atoms with Crippen molar-refractivity contribution in [1.82, 2.24) is 9.79 Å². The van der Waals surface area contributed by atoms with Gasteiger partial charge in [-0.25, -0.2) is 8.42 Å². The van der Waals surface area contributed by atoms with Crippen LogP contribution in [0.25, 0.3) is 0 Å². The van der Waals surface area contributed by atoms with E-state index < -0.39 is 16.1 Å². The number of rotatable bonds is 6. The predicted molar refractivity (Wildman–Crippen MR) is 114 cm³/mol. The summed E-state index contributed by atoms with van der Waals surface area (Å²) in [5.41, 5.74) is 1.29. The van der Waals surface area contributed by atoms with Crippen molar-refractivity contribution in [3.05, 3.63) is 59.7 Å². The Bertz CT molecular complexity index is 974. The van der Waals surface area contributed by atoms with E-state index in [1.807, 2.05) is 38.1 Å². The fourth-order valence-corrected chi connectivity index (χ4v) is 5.15. The second-order valence-electron chi connectivity index (χ2n) is 7.45. The zero-order valence-electron chi connectivity index (χ0n) is 17.7. The highest BCUT2D eigenvalue weighted by atomic mass is 32.2. The van der Waals surface area contributed by atoms with Gasteiger partial charge >= 0.3 is 0 Å². The molecule has 0 bridgehead atoms. The summed E-state index contributed by atoms with van der Waals surface area (Å²) in [7, 11) is -2.36. The van der Waals surface area contributed by atoms with Gasteiger partial charge in [0.25, 0.3) is 15.9 Å². The molecule has 1 heterocycles. The van der Waals surface area contributed by atoms with Crippen LogP contribution in [0.15, 0.2) is 53.4 Å². The molecular weight excluding hydrogens is 404 g/mol. The molecule has 0 radical (unpaired) electrons. The number of carbonyl (C=O) groups excluding carboxylic acids is 1. The highest BCUT2D eigenvalue weighted by Crippen LogP contribution is 2.39. The molecule has 3 atom stereocenters. The molecule has 7 nitrogen and oxygen atoms in total. The maximum absolute atomic E-state index is 13.3. The molecule has 1 fully saturated rings. The van der Waals surface area contributed by atoms with Crippen LogP contribution in [0.5, 0.6) is 5.75 Å². The van der Waals surface area contributed by atoms with Crippen molar-refractivity contribution in [3.8, 4) is 5.75 Å². The minimum atomic E-state index is -3.89. The van der Waals surface area contributed by atoms with Crippen molar-refractivity contribution in [1.29, 1.82) is 0 Å². The summed E-state index contributed by atoms with van der Waals surface area (Å²) in [6, 6.07) is 13.1. The summed E-state index contributed by atoms with van der Waals surface area (Å²) in [5.74, 6) is 0.629. The first-order valence-corrected chi connectivity index (χ1v) is 11.5. The number of amides is 1. The lowest BCUT2D eigenvalue weighted by Gasteiger charge is -2.40. The van der Waals surface area contributed by atoms with Gasteiger partial charge in [0.2, 0.25) is 0 Å². The Kier molecular flexibility index (Phi) is 6.80. The van der Waals surface area contributed by atoms with Gasteiger partial charge in [-0.1, -0.05) is 23.5 Å². The summed E-state index contributed by atoms with van der Waals surface area (Å²) in [4.78, 5) is 17.8. The van der Waals surface area contributed by atoms with Crippen molar-refractivity contribution in [3.63, 3.8) is 0 Å². The summed E-state index contributed by atoms with van der Waals surface area (Å²) in [5, 5.41) is 2.52. The monoisotopic (exact) mass is 432 g/mol. The Morgan fingerprint density at radius 2 is 1.77 bits per heavy atom. The van der Waals surface area contributed by atoms with Crippen LogP contribution in [0, 0.1) is 5.92 Å². The Balaban J connectivity index is 1.85. The standard InChI is InChI=1S/C22H28N2O5S/c1-5-28-19-10-6-17(7-11-19)21-15(2)14-16(3)24(29-21)30(26,27)20-12-8-18(9-13-20)22(25)23-4/h6-13,15-16,21H,5,14H2,1-4H3,(H,23,25). The van der Waals surface area contributed by atoms with E-state index in [1.165, 1.54) is 31.3 Å². The van der Waals surface area contributed by atoms with Crippen molar-refractivity contribution in [2.24, 2.45) is 5.92 Å². The second-order valence-corrected chi connectivity index (χ2v) is 9.24. The highest BCUT2D eigenvalue weighted by molar-refractivity contribution is 7.89. The maximum Gasteiger partial charge on any atom is 0.265 e. The highest BCUT2D eigenvalue weighted by Gasteiger charge is 2.40. The van der Waals surface area contributed by atoms with E-state index in [-0.39, 0.29) is 22.8 Å². The fourth-order valence-electron chi connectivity index (χ4n) is 3.70. The maximum atomic E-state index is 13.3. The number of carbonyl (C=O) groups is 1. The van der Waals surface area contributed by atoms with Crippen molar-refractivity contribution in [2.45, 2.75) is 44.2 Å². The zero-order valence-corrected chi connectivity index (χ0v) is 18.5. The number of hydrogen-bond donors (Lipinski definition) is 1. The number of sulfonamides is 1. The van der Waals surface area contributed by atoms with Crippen LogP contribution in [-0.4, -0.2) is 38.5 Å². The van der Waals surface area contributed by atoms with E-state index in [1.54, 1.807) is 0 Å². The molecule has 0 spiro atoms. The molecule has 0 aromatic heterocycles. The molecule has 0 saturated carbocycles. The summed E-state index contributed by atoms with van der Waals surface area (Å²) >= 11 is 0. The van der Waals surface area contributed by atoms with Crippen molar-refractivity contribution < 1.29 is 22.8 Å². The van der Waals surface area contributed by atoms with E-state index in [0.717, 1.165) is 15.8 Å². The van der Waals surface area contributed by atoms with E-state index in [2.05, 4.69) is 12.2 Å². The van der Waals surface area contributed by atoms with Gasteiger partial charge in [0.15, 0.2) is 0 Å². The predicted octanol–water partition coefficient (Wildman–Crippen LogP) is 3.54. The Hall–Kier alpha value is -2.42. The Morgan fingerprint density at radius 1 is 1.13 bits per heavy atom. The summed E-state index contributed by atoms with van der Waals surface area (Å²) in [6.45, 7) is 6.39. The third-order valence-corrected chi connectivity index (χ3v) is 6.99. The SMILES string of the molecule is CCOc1ccc(C2ON(S(=O)(=O)c3ccc(C(=O)NC)cc3)C(C)CC2C)cc1. The molecule has 0 aliphatic carbocycles. The van der Waals surface area contributed by atoms with Crippen LogP contribution in [0.3, 0.4) is 0 Å². The van der Waals surface area contributed by atoms with Crippen LogP contribution in [-0.2, 0) is 14.9 Å². The first kappa shape index (κ1) is 22.3. The largest absolute Gasteiger partial charge is 0.494 e. The zero-order chi connectivity index (χ0) is 21.9. The second kappa shape index (κ2) is 9.16. The molecule has 1 saturated heterocycles. The summed E-state index contributed by atoms with van der Waals surface area (Å²) < 4.78 is 33.1. The number of nitrogens with zero attached hydrogens (tertiary/aromatic N) is 1. The van der Waals surface area contributed by atoms with Crippen LogP contribution < -0.4 is 10.1 Å². The van der Waals surface area contributed by atoms with Gasteiger partial charge in [-0.15, -0.1) is 0 Å². The number of hydrogen-bond acceptors (Lipinski definition) is 5. The molecule has 162 valence electrons. The third-order valence-electron chi connectivity index (χ3n) is 5.21. The topological polar surface area (TPSA) is 84.9 Å². The lowest BCUT2D eigenvalue weighted by molar-refractivity contribution is -0.206. The molecule has 3 rings (SSSR count). The molecule has 30 heavy (non-hydrogen) atoms. The molecule has 3 unspecified atom stereocenters. The molecular formula is C22H28N2O5S. The average Bonchev–Trinajstić information content (AvgIpc) is 2.74. The number of hydroxylamine groups is 1. The van der Waals surface area contributed by atoms with Crippen LogP contribution in [0.1, 0.15) is 49.2 Å². The average molecular weight is 433 g/mol. The van der Waals surface area contributed by atoms with E-state index in [4.69, 9.17) is 9.57 Å². The molecule has 2 aromatic carbocycles. The number of ether oxygens (including phenoxy) is 1.